The molecule has 0 radical (unpaired) electrons. The molecule has 2 aromatic rings. The van der Waals surface area contributed by atoms with E-state index in [-0.39, 0.29) is 0 Å². The summed E-state index contributed by atoms with van der Waals surface area (Å²) in [7, 11) is 0. The molecule has 1 atom stereocenters. The Kier molecular flexibility index (Phi) is 9.87. The lowest BCUT2D eigenvalue weighted by Gasteiger charge is -2.27. The van der Waals surface area contributed by atoms with Gasteiger partial charge in [0.25, 0.3) is 0 Å². The van der Waals surface area contributed by atoms with Crippen LogP contribution in [0.3, 0.4) is 0 Å². The molecule has 2 fully saturated rings. The summed E-state index contributed by atoms with van der Waals surface area (Å²) >= 11 is 0. The standard InChI is InChI=1S/C31H44N2O4/c1-25-12-13-29(26(2)21-25)37-24-31(35)14-7-16-32(19-15-31)23-27-9-6-10-28(22-27)36-20-8-18-33-17-5-3-4-11-30(33)34/h6,9-10,12-13,21-22,35H,3-5,7-8,11,14-20,23-24H2,1-2H3. The molecular formula is C31H44N2O4. The van der Waals surface area contributed by atoms with Crippen molar-refractivity contribution in [2.75, 3.05) is 39.4 Å². The fraction of sp³-hybridized carbons (Fsp3) is 0.581. The quantitative estimate of drug-likeness (QED) is 0.443. The van der Waals surface area contributed by atoms with Crippen LogP contribution in [0.4, 0.5) is 0 Å². The Morgan fingerprint density at radius 3 is 2.70 bits per heavy atom. The van der Waals surface area contributed by atoms with E-state index in [1.54, 1.807) is 0 Å². The van der Waals surface area contributed by atoms with Gasteiger partial charge in [-0.3, -0.25) is 9.69 Å². The molecule has 0 aliphatic carbocycles. The molecule has 202 valence electrons. The molecule has 4 rings (SSSR count). The van der Waals surface area contributed by atoms with Gasteiger partial charge in [-0.25, -0.2) is 0 Å². The van der Waals surface area contributed by atoms with Crippen LogP contribution in [-0.4, -0.2) is 65.8 Å². The van der Waals surface area contributed by atoms with Crippen molar-refractivity contribution in [3.63, 3.8) is 0 Å². The second-order valence-electron chi connectivity index (χ2n) is 11.0. The highest BCUT2D eigenvalue weighted by atomic mass is 16.5. The number of benzene rings is 2. The molecule has 37 heavy (non-hydrogen) atoms. The van der Waals surface area contributed by atoms with Gasteiger partial charge in [-0.2, -0.15) is 0 Å². The number of likely N-dealkylation sites (tertiary alicyclic amines) is 2. The lowest BCUT2D eigenvalue weighted by molar-refractivity contribution is -0.130. The topological polar surface area (TPSA) is 62.2 Å². The molecular weight excluding hydrogens is 464 g/mol. The van der Waals surface area contributed by atoms with Crippen molar-refractivity contribution in [1.82, 2.24) is 9.80 Å². The van der Waals surface area contributed by atoms with Crippen molar-refractivity contribution in [3.05, 3.63) is 59.2 Å². The highest BCUT2D eigenvalue weighted by Gasteiger charge is 2.31. The van der Waals surface area contributed by atoms with E-state index in [9.17, 15) is 9.90 Å². The predicted molar refractivity (Wildman–Crippen MR) is 147 cm³/mol. The van der Waals surface area contributed by atoms with Crippen LogP contribution in [-0.2, 0) is 11.3 Å². The average Bonchev–Trinajstić information content (AvgIpc) is 3.19. The van der Waals surface area contributed by atoms with Gasteiger partial charge in [-0.1, -0.05) is 36.2 Å². The third-order valence-corrected chi connectivity index (χ3v) is 7.65. The highest BCUT2D eigenvalue weighted by Crippen LogP contribution is 2.27. The van der Waals surface area contributed by atoms with E-state index < -0.39 is 5.60 Å². The van der Waals surface area contributed by atoms with Crippen molar-refractivity contribution in [3.8, 4) is 11.5 Å². The molecule has 1 amide bonds. The first-order valence-corrected chi connectivity index (χ1v) is 14.0. The summed E-state index contributed by atoms with van der Waals surface area (Å²) in [4.78, 5) is 16.6. The fourth-order valence-corrected chi connectivity index (χ4v) is 5.42. The molecule has 2 aromatic carbocycles. The molecule has 0 bridgehead atoms. The van der Waals surface area contributed by atoms with Crippen molar-refractivity contribution < 1.29 is 19.4 Å². The van der Waals surface area contributed by atoms with E-state index in [1.165, 1.54) is 11.1 Å². The SMILES string of the molecule is Cc1ccc(OCC2(O)CCCN(Cc3cccc(OCCCN4CCCCCC4=O)c3)CC2)c(C)c1. The van der Waals surface area contributed by atoms with Gasteiger partial charge in [0, 0.05) is 32.6 Å². The van der Waals surface area contributed by atoms with Crippen LogP contribution >= 0.6 is 0 Å². The summed E-state index contributed by atoms with van der Waals surface area (Å²) in [5.74, 6) is 2.03. The van der Waals surface area contributed by atoms with E-state index in [2.05, 4.69) is 49.1 Å². The van der Waals surface area contributed by atoms with Crippen molar-refractivity contribution in [2.24, 2.45) is 0 Å². The second kappa shape index (κ2) is 13.3. The molecule has 1 N–H and O–H groups in total. The van der Waals surface area contributed by atoms with Crippen LogP contribution in [0.15, 0.2) is 42.5 Å². The van der Waals surface area contributed by atoms with Crippen molar-refractivity contribution >= 4 is 5.91 Å². The zero-order valence-corrected chi connectivity index (χ0v) is 22.7. The van der Waals surface area contributed by atoms with Gasteiger partial charge in [0.05, 0.1) is 12.2 Å². The summed E-state index contributed by atoms with van der Waals surface area (Å²) in [6.07, 6.45) is 7.22. The lowest BCUT2D eigenvalue weighted by atomic mass is 9.96. The van der Waals surface area contributed by atoms with Gasteiger partial charge in [0.1, 0.15) is 18.1 Å². The number of carbonyl (C=O) groups excluding carboxylic acids is 1. The molecule has 0 saturated carbocycles. The zero-order valence-electron chi connectivity index (χ0n) is 22.7. The Balaban J connectivity index is 1.21. The first-order chi connectivity index (χ1) is 17.9. The minimum atomic E-state index is -0.800. The van der Waals surface area contributed by atoms with Crippen molar-refractivity contribution in [1.29, 1.82) is 0 Å². The Morgan fingerprint density at radius 1 is 0.946 bits per heavy atom. The molecule has 0 aromatic heterocycles. The van der Waals surface area contributed by atoms with Gasteiger partial charge >= 0.3 is 0 Å². The number of carbonyl (C=O) groups is 1. The van der Waals surface area contributed by atoms with Gasteiger partial charge in [-0.05, 0) is 88.2 Å². The van der Waals surface area contributed by atoms with E-state index in [0.29, 0.717) is 32.0 Å². The van der Waals surface area contributed by atoms with Gasteiger partial charge in [0.2, 0.25) is 5.91 Å². The molecule has 0 spiro atoms. The third kappa shape index (κ3) is 8.47. The fourth-order valence-electron chi connectivity index (χ4n) is 5.42. The number of amides is 1. The predicted octanol–water partition coefficient (Wildman–Crippen LogP) is 5.27. The smallest absolute Gasteiger partial charge is 0.222 e. The molecule has 2 saturated heterocycles. The van der Waals surface area contributed by atoms with E-state index in [4.69, 9.17) is 9.47 Å². The minimum absolute atomic E-state index is 0.292. The maximum atomic E-state index is 12.2. The highest BCUT2D eigenvalue weighted by molar-refractivity contribution is 5.76. The molecule has 6 nitrogen and oxygen atoms in total. The number of ether oxygens (including phenoxy) is 2. The summed E-state index contributed by atoms with van der Waals surface area (Å²) in [6, 6.07) is 14.5. The molecule has 1 unspecified atom stereocenters. The maximum absolute atomic E-state index is 12.2. The van der Waals surface area contributed by atoms with E-state index >= 15 is 0 Å². The zero-order chi connectivity index (χ0) is 26.1. The largest absolute Gasteiger partial charge is 0.494 e. The van der Waals surface area contributed by atoms with E-state index in [0.717, 1.165) is 88.3 Å². The molecule has 6 heteroatoms. The monoisotopic (exact) mass is 508 g/mol. The van der Waals surface area contributed by atoms with Crippen LogP contribution in [0.2, 0.25) is 0 Å². The number of hydrogen-bond acceptors (Lipinski definition) is 5. The number of aliphatic hydroxyl groups is 1. The van der Waals surface area contributed by atoms with Crippen molar-refractivity contribution in [2.45, 2.75) is 77.4 Å². The van der Waals surface area contributed by atoms with Crippen LogP contribution in [0, 0.1) is 13.8 Å². The minimum Gasteiger partial charge on any atom is -0.494 e. The Morgan fingerprint density at radius 2 is 1.84 bits per heavy atom. The summed E-state index contributed by atoms with van der Waals surface area (Å²) in [6.45, 7) is 9.37. The van der Waals surface area contributed by atoms with Crippen LogP contribution in [0.25, 0.3) is 0 Å². The Bertz CT molecular complexity index is 1030. The van der Waals surface area contributed by atoms with Gasteiger partial charge < -0.3 is 19.5 Å². The first kappa shape index (κ1) is 27.5. The molecule has 2 aliphatic rings. The molecule has 2 heterocycles. The van der Waals surface area contributed by atoms with Gasteiger partial charge in [0.15, 0.2) is 0 Å². The van der Waals surface area contributed by atoms with Crippen LogP contribution < -0.4 is 9.47 Å². The second-order valence-corrected chi connectivity index (χ2v) is 11.0. The number of nitrogens with zero attached hydrogens (tertiary/aromatic N) is 2. The summed E-state index contributed by atoms with van der Waals surface area (Å²) < 4.78 is 12.1. The third-order valence-electron chi connectivity index (χ3n) is 7.65. The first-order valence-electron chi connectivity index (χ1n) is 14.0. The molecule has 2 aliphatic heterocycles. The van der Waals surface area contributed by atoms with E-state index in [1.807, 2.05) is 17.0 Å². The summed E-state index contributed by atoms with van der Waals surface area (Å²) in [5, 5.41) is 11.2. The average molecular weight is 509 g/mol. The lowest BCUT2D eigenvalue weighted by Crippen LogP contribution is -2.37. The number of aryl methyl sites for hydroxylation is 2. The normalized spacial score (nSPS) is 21.4. The van der Waals surface area contributed by atoms with Crippen LogP contribution in [0.1, 0.15) is 68.1 Å². The maximum Gasteiger partial charge on any atom is 0.222 e. The Hall–Kier alpha value is -2.57. The Labute approximate surface area is 222 Å². The number of rotatable bonds is 10. The summed E-state index contributed by atoms with van der Waals surface area (Å²) in [5.41, 5.74) is 2.74. The van der Waals surface area contributed by atoms with Crippen LogP contribution in [0.5, 0.6) is 11.5 Å². The number of hydrogen-bond donors (Lipinski definition) is 1. The van der Waals surface area contributed by atoms with Gasteiger partial charge in [-0.15, -0.1) is 0 Å².